The minimum atomic E-state index is 0.401. The molecule has 1 rings (SSSR count). The lowest BCUT2D eigenvalue weighted by Crippen LogP contribution is -2.18. The molecule has 0 aliphatic heterocycles. The molecule has 0 heterocycles. The molecule has 1 aromatic carbocycles. The molecule has 0 saturated carbocycles. The Kier molecular flexibility index (Phi) is 3.71. The van der Waals surface area contributed by atoms with Gasteiger partial charge >= 0.3 is 0 Å². The monoisotopic (exact) mass is 175 g/mol. The Morgan fingerprint density at radius 3 is 2.54 bits per heavy atom. The van der Waals surface area contributed by atoms with Crippen molar-refractivity contribution in [2.24, 2.45) is 0 Å². The predicted molar refractivity (Wildman–Crippen MR) is 57.8 cm³/mol. The van der Waals surface area contributed by atoms with Crippen LogP contribution < -0.4 is 5.32 Å². The average molecular weight is 175 g/mol. The van der Waals surface area contributed by atoms with E-state index >= 15 is 0 Å². The first-order valence-electron chi connectivity index (χ1n) is 4.65. The van der Waals surface area contributed by atoms with Gasteiger partial charge in [-0.25, -0.2) is 0 Å². The molecule has 0 aromatic heterocycles. The third-order valence-corrected chi connectivity index (χ3v) is 2.15. The highest BCUT2D eigenvalue weighted by Gasteiger charge is 2.01. The van der Waals surface area contributed by atoms with Crippen molar-refractivity contribution >= 4 is 0 Å². The summed E-state index contributed by atoms with van der Waals surface area (Å²) in [4.78, 5) is 0. The van der Waals surface area contributed by atoms with Crippen molar-refractivity contribution in [2.75, 3.05) is 6.54 Å². The van der Waals surface area contributed by atoms with Crippen molar-refractivity contribution in [1.29, 1.82) is 0 Å². The van der Waals surface area contributed by atoms with Crippen LogP contribution in [-0.2, 0) is 0 Å². The van der Waals surface area contributed by atoms with Crippen molar-refractivity contribution in [3.05, 3.63) is 48.0 Å². The summed E-state index contributed by atoms with van der Waals surface area (Å²) in [6, 6.07) is 9.01. The molecule has 0 amide bonds. The van der Waals surface area contributed by atoms with Crippen molar-refractivity contribution in [1.82, 2.24) is 5.32 Å². The standard InChI is InChI=1S/C12H17N/c1-4-9-13-11(3)12-7-5-10(2)6-8-12/h4-8,11,13H,1,9H2,2-3H3/t11-/m1/s1. The van der Waals surface area contributed by atoms with Crippen LogP contribution in [0.15, 0.2) is 36.9 Å². The van der Waals surface area contributed by atoms with Gasteiger partial charge in [0.2, 0.25) is 0 Å². The van der Waals surface area contributed by atoms with Gasteiger partial charge < -0.3 is 5.32 Å². The van der Waals surface area contributed by atoms with Crippen molar-refractivity contribution in [3.8, 4) is 0 Å². The molecule has 0 aliphatic rings. The van der Waals surface area contributed by atoms with E-state index in [1.54, 1.807) is 0 Å². The molecule has 0 spiro atoms. The van der Waals surface area contributed by atoms with Gasteiger partial charge in [-0.3, -0.25) is 0 Å². The van der Waals surface area contributed by atoms with Crippen LogP contribution >= 0.6 is 0 Å². The molecule has 1 heteroatoms. The summed E-state index contributed by atoms with van der Waals surface area (Å²) in [7, 11) is 0. The molecule has 1 nitrogen and oxygen atoms in total. The van der Waals surface area contributed by atoms with E-state index in [1.165, 1.54) is 11.1 Å². The molecule has 0 aliphatic carbocycles. The molecular weight excluding hydrogens is 158 g/mol. The number of hydrogen-bond donors (Lipinski definition) is 1. The van der Waals surface area contributed by atoms with Crippen LogP contribution in [0.1, 0.15) is 24.1 Å². The molecule has 0 fully saturated rings. The molecular formula is C12H17N. The number of rotatable bonds is 4. The summed E-state index contributed by atoms with van der Waals surface area (Å²) in [6.07, 6.45) is 1.88. The quantitative estimate of drug-likeness (QED) is 0.694. The smallest absolute Gasteiger partial charge is 0.0294 e. The minimum Gasteiger partial charge on any atom is -0.307 e. The Balaban J connectivity index is 2.60. The Hall–Kier alpha value is -1.08. The van der Waals surface area contributed by atoms with Gasteiger partial charge in [0, 0.05) is 12.6 Å². The van der Waals surface area contributed by atoms with Crippen molar-refractivity contribution in [3.63, 3.8) is 0 Å². The van der Waals surface area contributed by atoms with E-state index in [1.807, 2.05) is 6.08 Å². The fourth-order valence-corrected chi connectivity index (χ4v) is 1.23. The topological polar surface area (TPSA) is 12.0 Å². The summed E-state index contributed by atoms with van der Waals surface area (Å²) in [5.74, 6) is 0. The zero-order valence-corrected chi connectivity index (χ0v) is 8.38. The molecule has 1 N–H and O–H groups in total. The summed E-state index contributed by atoms with van der Waals surface area (Å²) >= 11 is 0. The molecule has 0 unspecified atom stereocenters. The highest BCUT2D eigenvalue weighted by molar-refractivity contribution is 5.23. The normalized spacial score (nSPS) is 12.5. The fourth-order valence-electron chi connectivity index (χ4n) is 1.23. The molecule has 1 aromatic rings. The molecule has 13 heavy (non-hydrogen) atoms. The van der Waals surface area contributed by atoms with E-state index in [0.717, 1.165) is 6.54 Å². The fraction of sp³-hybridized carbons (Fsp3) is 0.333. The third kappa shape index (κ3) is 3.03. The van der Waals surface area contributed by atoms with Crippen molar-refractivity contribution in [2.45, 2.75) is 19.9 Å². The maximum atomic E-state index is 3.68. The SMILES string of the molecule is C=CCN[C@H](C)c1ccc(C)cc1. The van der Waals surface area contributed by atoms with Crippen LogP contribution in [0.25, 0.3) is 0 Å². The Morgan fingerprint density at radius 2 is 2.00 bits per heavy atom. The van der Waals surface area contributed by atoms with Crippen molar-refractivity contribution < 1.29 is 0 Å². The minimum absolute atomic E-state index is 0.401. The average Bonchev–Trinajstić information content (AvgIpc) is 2.15. The lowest BCUT2D eigenvalue weighted by Gasteiger charge is -2.12. The summed E-state index contributed by atoms with van der Waals surface area (Å²) in [6.45, 7) is 8.80. The lowest BCUT2D eigenvalue weighted by atomic mass is 10.1. The van der Waals surface area contributed by atoms with E-state index < -0.39 is 0 Å². The maximum Gasteiger partial charge on any atom is 0.0294 e. The van der Waals surface area contributed by atoms with Gasteiger partial charge in [0.25, 0.3) is 0 Å². The molecule has 0 radical (unpaired) electrons. The van der Waals surface area contributed by atoms with Gasteiger partial charge in [-0.1, -0.05) is 35.9 Å². The van der Waals surface area contributed by atoms with Crippen LogP contribution in [-0.4, -0.2) is 6.54 Å². The van der Waals surface area contributed by atoms with E-state index in [9.17, 15) is 0 Å². The summed E-state index contributed by atoms with van der Waals surface area (Å²) in [5, 5.41) is 3.35. The van der Waals surface area contributed by atoms with E-state index in [2.05, 4.69) is 50.0 Å². The van der Waals surface area contributed by atoms with Gasteiger partial charge in [-0.2, -0.15) is 0 Å². The van der Waals surface area contributed by atoms with Crippen LogP contribution in [0.2, 0.25) is 0 Å². The Bertz CT molecular complexity index is 261. The Morgan fingerprint density at radius 1 is 1.38 bits per heavy atom. The van der Waals surface area contributed by atoms with E-state index in [0.29, 0.717) is 6.04 Å². The maximum absolute atomic E-state index is 3.68. The third-order valence-electron chi connectivity index (χ3n) is 2.15. The zero-order chi connectivity index (χ0) is 9.68. The van der Waals surface area contributed by atoms with Crippen LogP contribution in [0.3, 0.4) is 0 Å². The Labute approximate surface area is 80.5 Å². The number of aryl methyl sites for hydroxylation is 1. The van der Waals surface area contributed by atoms with Gasteiger partial charge in [-0.15, -0.1) is 6.58 Å². The molecule has 0 saturated heterocycles. The first kappa shape index (κ1) is 10.0. The molecule has 1 atom stereocenters. The number of benzene rings is 1. The second-order valence-electron chi connectivity index (χ2n) is 3.33. The van der Waals surface area contributed by atoms with Crippen LogP contribution in [0.4, 0.5) is 0 Å². The predicted octanol–water partition coefficient (Wildman–Crippen LogP) is 2.83. The number of nitrogens with one attached hydrogen (secondary N) is 1. The van der Waals surface area contributed by atoms with Crippen LogP contribution in [0.5, 0.6) is 0 Å². The van der Waals surface area contributed by atoms with Gasteiger partial charge in [-0.05, 0) is 19.4 Å². The zero-order valence-electron chi connectivity index (χ0n) is 8.38. The van der Waals surface area contributed by atoms with Gasteiger partial charge in [0.05, 0.1) is 0 Å². The number of hydrogen-bond acceptors (Lipinski definition) is 1. The second-order valence-corrected chi connectivity index (χ2v) is 3.33. The lowest BCUT2D eigenvalue weighted by molar-refractivity contribution is 0.617. The first-order valence-corrected chi connectivity index (χ1v) is 4.65. The highest BCUT2D eigenvalue weighted by atomic mass is 14.9. The second kappa shape index (κ2) is 4.83. The summed E-state index contributed by atoms with van der Waals surface area (Å²) in [5.41, 5.74) is 2.63. The highest BCUT2D eigenvalue weighted by Crippen LogP contribution is 2.12. The van der Waals surface area contributed by atoms with E-state index in [-0.39, 0.29) is 0 Å². The van der Waals surface area contributed by atoms with Crippen LogP contribution in [0, 0.1) is 6.92 Å². The van der Waals surface area contributed by atoms with E-state index in [4.69, 9.17) is 0 Å². The van der Waals surface area contributed by atoms with Gasteiger partial charge in [0.15, 0.2) is 0 Å². The molecule has 0 bridgehead atoms. The first-order chi connectivity index (χ1) is 6.24. The largest absolute Gasteiger partial charge is 0.307 e. The van der Waals surface area contributed by atoms with Gasteiger partial charge in [0.1, 0.15) is 0 Å². The molecule has 70 valence electrons. The summed E-state index contributed by atoms with van der Waals surface area (Å²) < 4.78 is 0.